The molecular formula is C14H18O. The van der Waals surface area contributed by atoms with Crippen LogP contribution in [-0.2, 0) is 4.79 Å². The lowest BCUT2D eigenvalue weighted by Gasteiger charge is -1.98. The van der Waals surface area contributed by atoms with Crippen molar-refractivity contribution in [3.05, 3.63) is 37.0 Å². The second-order valence-electron chi connectivity index (χ2n) is 3.67. The van der Waals surface area contributed by atoms with E-state index in [1.165, 1.54) is 0 Å². The summed E-state index contributed by atoms with van der Waals surface area (Å²) in [5.74, 6) is 5.89. The summed E-state index contributed by atoms with van der Waals surface area (Å²) < 4.78 is 0. The molecule has 0 heterocycles. The zero-order valence-electron chi connectivity index (χ0n) is 9.55. The molecule has 0 aromatic carbocycles. The summed E-state index contributed by atoms with van der Waals surface area (Å²) in [7, 11) is 0. The Balaban J connectivity index is 4.26. The SMILES string of the molecule is C=C/C=C(/C#CC(=O)CCC(C)C)C=C. The molecule has 0 radical (unpaired) electrons. The Morgan fingerprint density at radius 2 is 2.00 bits per heavy atom. The summed E-state index contributed by atoms with van der Waals surface area (Å²) in [5, 5.41) is 0. The van der Waals surface area contributed by atoms with E-state index in [-0.39, 0.29) is 5.78 Å². The number of rotatable bonds is 5. The number of hydrogen-bond donors (Lipinski definition) is 0. The van der Waals surface area contributed by atoms with E-state index in [1.807, 2.05) is 0 Å². The van der Waals surface area contributed by atoms with E-state index in [1.54, 1.807) is 18.2 Å². The van der Waals surface area contributed by atoms with Crippen LogP contribution in [0.2, 0.25) is 0 Å². The van der Waals surface area contributed by atoms with Gasteiger partial charge >= 0.3 is 0 Å². The molecule has 0 aliphatic rings. The number of allylic oxidation sites excluding steroid dienone is 4. The van der Waals surface area contributed by atoms with Crippen LogP contribution < -0.4 is 0 Å². The number of hydrogen-bond acceptors (Lipinski definition) is 1. The lowest BCUT2D eigenvalue weighted by Crippen LogP contribution is -1.96. The van der Waals surface area contributed by atoms with Crippen molar-refractivity contribution < 1.29 is 4.79 Å². The highest BCUT2D eigenvalue weighted by Crippen LogP contribution is 2.03. The summed E-state index contributed by atoms with van der Waals surface area (Å²) in [6.07, 6.45) is 6.40. The summed E-state index contributed by atoms with van der Waals surface area (Å²) in [6, 6.07) is 0. The molecule has 0 amide bonds. The predicted octanol–water partition coefficient (Wildman–Crippen LogP) is 3.29. The average Bonchev–Trinajstić information content (AvgIpc) is 2.21. The average molecular weight is 202 g/mol. The van der Waals surface area contributed by atoms with Crippen LogP contribution in [0.1, 0.15) is 26.7 Å². The van der Waals surface area contributed by atoms with Gasteiger partial charge in [0.2, 0.25) is 5.78 Å². The lowest BCUT2D eigenvalue weighted by atomic mass is 10.1. The zero-order chi connectivity index (χ0) is 11.7. The van der Waals surface area contributed by atoms with Gasteiger partial charge in [-0.25, -0.2) is 0 Å². The standard InChI is InChI=1S/C14H18O/c1-5-7-13(6-2)9-11-14(15)10-8-12(3)4/h5-7,12H,1-2,8,10H2,3-4H3/b13-7+. The maximum atomic E-state index is 11.3. The molecule has 0 spiro atoms. The molecule has 1 heteroatoms. The van der Waals surface area contributed by atoms with Crippen molar-refractivity contribution in [2.75, 3.05) is 0 Å². The van der Waals surface area contributed by atoms with Gasteiger partial charge in [0.15, 0.2) is 0 Å². The molecule has 0 rings (SSSR count). The van der Waals surface area contributed by atoms with Gasteiger partial charge in [-0.05, 0) is 24.3 Å². The van der Waals surface area contributed by atoms with Crippen molar-refractivity contribution in [2.24, 2.45) is 5.92 Å². The maximum Gasteiger partial charge on any atom is 0.205 e. The third-order valence-corrected chi connectivity index (χ3v) is 1.81. The molecule has 0 saturated carbocycles. The van der Waals surface area contributed by atoms with E-state index >= 15 is 0 Å². The first kappa shape index (κ1) is 13.4. The molecule has 0 atom stereocenters. The van der Waals surface area contributed by atoms with E-state index in [4.69, 9.17) is 0 Å². The predicted molar refractivity (Wildman–Crippen MR) is 65.3 cm³/mol. The highest BCUT2D eigenvalue weighted by molar-refractivity contribution is 5.96. The fourth-order valence-corrected chi connectivity index (χ4v) is 0.912. The van der Waals surface area contributed by atoms with Gasteiger partial charge in [0.05, 0.1) is 0 Å². The Hall–Kier alpha value is -1.55. The van der Waals surface area contributed by atoms with Gasteiger partial charge in [-0.1, -0.05) is 45.1 Å². The number of ketones is 1. The molecule has 0 unspecified atom stereocenters. The Kier molecular flexibility index (Phi) is 7.01. The van der Waals surface area contributed by atoms with Crippen molar-refractivity contribution >= 4 is 5.78 Å². The second kappa shape index (κ2) is 7.82. The smallest absolute Gasteiger partial charge is 0.205 e. The number of carbonyl (C=O) groups is 1. The molecule has 0 N–H and O–H groups in total. The van der Waals surface area contributed by atoms with Crippen LogP contribution in [-0.4, -0.2) is 5.78 Å². The number of Topliss-reactive ketones (excluding diaryl/α,β-unsaturated/α-hetero) is 1. The van der Waals surface area contributed by atoms with E-state index in [0.29, 0.717) is 12.3 Å². The van der Waals surface area contributed by atoms with E-state index in [2.05, 4.69) is 38.8 Å². The monoisotopic (exact) mass is 202 g/mol. The first-order chi connectivity index (χ1) is 7.10. The van der Waals surface area contributed by atoms with Gasteiger partial charge in [-0.15, -0.1) is 0 Å². The lowest BCUT2D eigenvalue weighted by molar-refractivity contribution is -0.114. The fourth-order valence-electron chi connectivity index (χ4n) is 0.912. The fraction of sp³-hybridized carbons (Fsp3) is 0.357. The normalized spacial score (nSPS) is 10.5. The third-order valence-electron chi connectivity index (χ3n) is 1.81. The van der Waals surface area contributed by atoms with Gasteiger partial charge in [0, 0.05) is 12.0 Å². The minimum Gasteiger partial charge on any atom is -0.285 e. The molecule has 15 heavy (non-hydrogen) atoms. The van der Waals surface area contributed by atoms with Gasteiger partial charge in [-0.3, -0.25) is 4.79 Å². The largest absolute Gasteiger partial charge is 0.285 e. The van der Waals surface area contributed by atoms with Gasteiger partial charge in [0.25, 0.3) is 0 Å². The second-order valence-corrected chi connectivity index (χ2v) is 3.67. The Bertz CT molecular complexity index is 321. The summed E-state index contributed by atoms with van der Waals surface area (Å²) in [6.45, 7) is 11.3. The van der Waals surface area contributed by atoms with Crippen LogP contribution in [0.5, 0.6) is 0 Å². The Morgan fingerprint density at radius 3 is 2.47 bits per heavy atom. The molecule has 0 saturated heterocycles. The van der Waals surface area contributed by atoms with Crippen molar-refractivity contribution in [3.8, 4) is 11.8 Å². The van der Waals surface area contributed by atoms with Crippen molar-refractivity contribution in [3.63, 3.8) is 0 Å². The third kappa shape index (κ3) is 7.52. The van der Waals surface area contributed by atoms with Crippen molar-refractivity contribution in [1.82, 2.24) is 0 Å². The highest BCUT2D eigenvalue weighted by Gasteiger charge is 1.99. The Morgan fingerprint density at radius 1 is 1.33 bits per heavy atom. The summed E-state index contributed by atoms with van der Waals surface area (Å²) in [4.78, 5) is 11.3. The van der Waals surface area contributed by atoms with Gasteiger partial charge < -0.3 is 0 Å². The molecule has 80 valence electrons. The van der Waals surface area contributed by atoms with E-state index in [0.717, 1.165) is 12.0 Å². The molecule has 0 fully saturated rings. The van der Waals surface area contributed by atoms with Gasteiger partial charge in [-0.2, -0.15) is 0 Å². The molecule has 0 aromatic heterocycles. The highest BCUT2D eigenvalue weighted by atomic mass is 16.1. The van der Waals surface area contributed by atoms with Crippen LogP contribution in [0.3, 0.4) is 0 Å². The van der Waals surface area contributed by atoms with E-state index < -0.39 is 0 Å². The minimum absolute atomic E-state index is 0.0134. The topological polar surface area (TPSA) is 17.1 Å². The zero-order valence-corrected chi connectivity index (χ0v) is 9.55. The quantitative estimate of drug-likeness (QED) is 0.380. The van der Waals surface area contributed by atoms with Crippen molar-refractivity contribution in [2.45, 2.75) is 26.7 Å². The molecular weight excluding hydrogens is 184 g/mol. The maximum absolute atomic E-state index is 11.3. The first-order valence-corrected chi connectivity index (χ1v) is 5.10. The van der Waals surface area contributed by atoms with E-state index in [9.17, 15) is 4.79 Å². The van der Waals surface area contributed by atoms with Crippen LogP contribution in [0.4, 0.5) is 0 Å². The minimum atomic E-state index is -0.0134. The van der Waals surface area contributed by atoms with Crippen LogP contribution in [0.25, 0.3) is 0 Å². The molecule has 0 aliphatic heterocycles. The van der Waals surface area contributed by atoms with Crippen molar-refractivity contribution in [1.29, 1.82) is 0 Å². The first-order valence-electron chi connectivity index (χ1n) is 5.10. The number of carbonyl (C=O) groups excluding carboxylic acids is 1. The van der Waals surface area contributed by atoms with Crippen LogP contribution in [0.15, 0.2) is 37.0 Å². The van der Waals surface area contributed by atoms with Gasteiger partial charge in [0.1, 0.15) is 0 Å². The molecule has 0 bridgehead atoms. The Labute approximate surface area is 92.6 Å². The van der Waals surface area contributed by atoms with Crippen LogP contribution >= 0.6 is 0 Å². The summed E-state index contributed by atoms with van der Waals surface area (Å²) in [5.41, 5.74) is 0.725. The summed E-state index contributed by atoms with van der Waals surface area (Å²) >= 11 is 0. The molecule has 0 aliphatic carbocycles. The van der Waals surface area contributed by atoms with Crippen LogP contribution in [0, 0.1) is 17.8 Å². The molecule has 1 nitrogen and oxygen atoms in total. The molecule has 0 aromatic rings.